The van der Waals surface area contributed by atoms with Crippen LogP contribution in [0.2, 0.25) is 0 Å². The van der Waals surface area contributed by atoms with Crippen molar-refractivity contribution in [2.45, 2.75) is 116 Å². The summed E-state index contributed by atoms with van der Waals surface area (Å²) >= 11 is 0. The monoisotopic (exact) mass is 505 g/mol. The molecule has 0 radical (unpaired) electrons. The number of fused-ring (bicyclic) bond motifs is 5. The fourth-order valence-corrected chi connectivity index (χ4v) is 10.2. The van der Waals surface area contributed by atoms with Gasteiger partial charge in [0, 0.05) is 13.0 Å². The average Bonchev–Trinajstić information content (AvgIpc) is 3.46. The molecule has 4 aliphatic carbocycles. The molecule has 0 aromatic rings. The van der Waals surface area contributed by atoms with Crippen molar-refractivity contribution in [2.24, 2.45) is 46.3 Å². The SMILES string of the molecule is C[C@H](CCC(=O)N1CCCC1C(=O)O)[C@H]1CC[C@H]2[C@@H]3[C@H](O)[C@@H](O)[C@@H]4C[C@H](O)CC[C@]4(C)[C@H]3CC[C@]12C. The summed E-state index contributed by atoms with van der Waals surface area (Å²) in [5.41, 5.74) is 0.0509. The lowest BCUT2D eigenvalue weighted by molar-refractivity contribution is -0.223. The van der Waals surface area contributed by atoms with Gasteiger partial charge in [0.15, 0.2) is 0 Å². The number of carbonyl (C=O) groups is 2. The summed E-state index contributed by atoms with van der Waals surface area (Å²) in [5, 5.41) is 42.4. The topological polar surface area (TPSA) is 118 Å². The van der Waals surface area contributed by atoms with Crippen LogP contribution in [0.5, 0.6) is 0 Å². The molecule has 0 aromatic carbocycles. The molecule has 1 heterocycles. The van der Waals surface area contributed by atoms with Crippen LogP contribution >= 0.6 is 0 Å². The predicted octanol–water partition coefficient (Wildman–Crippen LogP) is 3.44. The lowest BCUT2D eigenvalue weighted by Crippen LogP contribution is -2.64. The Labute approximate surface area is 215 Å². The van der Waals surface area contributed by atoms with Crippen molar-refractivity contribution in [3.05, 3.63) is 0 Å². The number of carboxylic acids is 1. The normalized spacial score (nSPS) is 49.2. The molecule has 4 saturated carbocycles. The standard InChI is InChI=1S/C29H47NO6/c1-16(6-9-23(32)30-14-4-5-22(30)27(35)36)18-7-8-19-24-20(11-13-28(18,19)2)29(3)12-10-17(31)15-21(29)25(33)26(24)34/h16-22,24-26,31,33-34H,4-15H2,1-3H3,(H,35,36)/t16-,17-,18-,19+,20+,21+,22?,24+,25+,26+,28-,29-/m1/s1. The van der Waals surface area contributed by atoms with E-state index in [2.05, 4.69) is 20.8 Å². The Morgan fingerprint density at radius 3 is 2.33 bits per heavy atom. The Bertz CT molecular complexity index is 865. The van der Waals surface area contributed by atoms with Crippen LogP contribution in [0.3, 0.4) is 0 Å². The summed E-state index contributed by atoms with van der Waals surface area (Å²) in [5.74, 6) is 0.694. The highest BCUT2D eigenvalue weighted by molar-refractivity contribution is 5.84. The highest BCUT2D eigenvalue weighted by Gasteiger charge is 2.65. The van der Waals surface area contributed by atoms with Gasteiger partial charge in [-0.1, -0.05) is 20.8 Å². The number of aliphatic hydroxyl groups excluding tert-OH is 3. The number of aliphatic carboxylic acids is 1. The van der Waals surface area contributed by atoms with Crippen LogP contribution in [0.1, 0.15) is 91.4 Å². The van der Waals surface area contributed by atoms with Crippen LogP contribution in [0.15, 0.2) is 0 Å². The van der Waals surface area contributed by atoms with Gasteiger partial charge in [0.05, 0.1) is 18.3 Å². The molecule has 4 N–H and O–H groups in total. The molecule has 1 aliphatic heterocycles. The Balaban J connectivity index is 1.28. The first-order valence-corrected chi connectivity index (χ1v) is 14.6. The number of carbonyl (C=O) groups excluding carboxylic acids is 1. The summed E-state index contributed by atoms with van der Waals surface area (Å²) in [6.07, 6.45) is 7.21. The minimum Gasteiger partial charge on any atom is -0.480 e. The smallest absolute Gasteiger partial charge is 0.326 e. The first-order chi connectivity index (χ1) is 17.0. The molecule has 12 atom stereocenters. The second-order valence-corrected chi connectivity index (χ2v) is 13.6. The van der Waals surface area contributed by atoms with Gasteiger partial charge < -0.3 is 25.3 Å². The van der Waals surface area contributed by atoms with Crippen molar-refractivity contribution in [2.75, 3.05) is 6.54 Å². The maximum atomic E-state index is 12.9. The van der Waals surface area contributed by atoms with Gasteiger partial charge in [-0.05, 0) is 111 Å². The first kappa shape index (κ1) is 26.4. The molecule has 7 heteroatoms. The number of likely N-dealkylation sites (tertiary alicyclic amines) is 1. The highest BCUT2D eigenvalue weighted by Crippen LogP contribution is 2.68. The number of carboxylic acid groups (broad SMARTS) is 1. The molecule has 36 heavy (non-hydrogen) atoms. The molecule has 0 aromatic heterocycles. The summed E-state index contributed by atoms with van der Waals surface area (Å²) in [6, 6.07) is -0.665. The number of aliphatic hydroxyl groups is 3. The molecule has 1 unspecified atom stereocenters. The summed E-state index contributed by atoms with van der Waals surface area (Å²) in [7, 11) is 0. The van der Waals surface area contributed by atoms with E-state index in [1.807, 2.05) is 0 Å². The quantitative estimate of drug-likeness (QED) is 0.455. The summed E-state index contributed by atoms with van der Waals surface area (Å²) < 4.78 is 0. The fraction of sp³-hybridized carbons (Fsp3) is 0.931. The third-order valence-corrected chi connectivity index (χ3v) is 12.2. The van der Waals surface area contributed by atoms with Gasteiger partial charge in [-0.3, -0.25) is 4.79 Å². The van der Waals surface area contributed by atoms with Crippen LogP contribution in [-0.4, -0.2) is 68.1 Å². The Morgan fingerprint density at radius 1 is 0.917 bits per heavy atom. The van der Waals surface area contributed by atoms with E-state index in [0.29, 0.717) is 49.5 Å². The van der Waals surface area contributed by atoms with Gasteiger partial charge in [-0.15, -0.1) is 0 Å². The van der Waals surface area contributed by atoms with Crippen LogP contribution in [0, 0.1) is 46.3 Å². The molecule has 0 bridgehead atoms. The van der Waals surface area contributed by atoms with Crippen molar-refractivity contribution in [1.29, 1.82) is 0 Å². The Kier molecular flexibility index (Phi) is 7.00. The molecule has 5 rings (SSSR count). The Morgan fingerprint density at radius 2 is 1.61 bits per heavy atom. The number of nitrogens with zero attached hydrogens (tertiary/aromatic N) is 1. The van der Waals surface area contributed by atoms with E-state index in [4.69, 9.17) is 0 Å². The third kappa shape index (κ3) is 4.03. The van der Waals surface area contributed by atoms with Crippen molar-refractivity contribution >= 4 is 11.9 Å². The number of hydrogen-bond acceptors (Lipinski definition) is 5. The molecular formula is C29H47NO6. The van der Waals surface area contributed by atoms with Crippen molar-refractivity contribution in [3.63, 3.8) is 0 Å². The van der Waals surface area contributed by atoms with Gasteiger partial charge >= 0.3 is 5.97 Å². The molecular weight excluding hydrogens is 458 g/mol. The van der Waals surface area contributed by atoms with Crippen LogP contribution in [-0.2, 0) is 9.59 Å². The second-order valence-electron chi connectivity index (χ2n) is 13.6. The lowest BCUT2D eigenvalue weighted by Gasteiger charge is -2.63. The zero-order valence-electron chi connectivity index (χ0n) is 22.3. The minimum absolute atomic E-state index is 0.0283. The molecule has 204 valence electrons. The van der Waals surface area contributed by atoms with E-state index >= 15 is 0 Å². The minimum atomic E-state index is -0.895. The van der Waals surface area contributed by atoms with E-state index < -0.39 is 24.2 Å². The number of hydrogen-bond donors (Lipinski definition) is 4. The number of amides is 1. The van der Waals surface area contributed by atoms with E-state index in [9.17, 15) is 30.0 Å². The third-order valence-electron chi connectivity index (χ3n) is 12.2. The summed E-state index contributed by atoms with van der Waals surface area (Å²) in [4.78, 5) is 26.0. The van der Waals surface area contributed by atoms with Crippen molar-refractivity contribution in [3.8, 4) is 0 Å². The second kappa shape index (κ2) is 9.53. The molecule has 7 nitrogen and oxygen atoms in total. The maximum absolute atomic E-state index is 12.9. The molecule has 5 aliphatic rings. The van der Waals surface area contributed by atoms with Gasteiger partial charge in [0.25, 0.3) is 0 Å². The zero-order chi connectivity index (χ0) is 26.0. The van der Waals surface area contributed by atoms with Crippen LogP contribution < -0.4 is 0 Å². The van der Waals surface area contributed by atoms with Gasteiger partial charge in [0.1, 0.15) is 6.04 Å². The van der Waals surface area contributed by atoms with Crippen LogP contribution in [0.4, 0.5) is 0 Å². The van der Waals surface area contributed by atoms with E-state index in [-0.39, 0.29) is 34.7 Å². The maximum Gasteiger partial charge on any atom is 0.326 e. The summed E-state index contributed by atoms with van der Waals surface area (Å²) in [6.45, 7) is 7.50. The average molecular weight is 506 g/mol. The van der Waals surface area contributed by atoms with Gasteiger partial charge in [-0.25, -0.2) is 4.79 Å². The predicted molar refractivity (Wildman–Crippen MR) is 135 cm³/mol. The molecule has 0 spiro atoms. The van der Waals surface area contributed by atoms with Gasteiger partial charge in [-0.2, -0.15) is 0 Å². The van der Waals surface area contributed by atoms with Crippen molar-refractivity contribution in [1.82, 2.24) is 4.90 Å². The van der Waals surface area contributed by atoms with Crippen molar-refractivity contribution < 1.29 is 30.0 Å². The van der Waals surface area contributed by atoms with E-state index in [0.717, 1.165) is 51.4 Å². The lowest BCUT2D eigenvalue weighted by atomic mass is 9.43. The largest absolute Gasteiger partial charge is 0.480 e. The van der Waals surface area contributed by atoms with Gasteiger partial charge in [0.2, 0.25) is 5.91 Å². The molecule has 1 saturated heterocycles. The zero-order valence-corrected chi connectivity index (χ0v) is 22.3. The van der Waals surface area contributed by atoms with E-state index in [1.54, 1.807) is 4.90 Å². The molecule has 5 fully saturated rings. The first-order valence-electron chi connectivity index (χ1n) is 14.6. The highest BCUT2D eigenvalue weighted by atomic mass is 16.4. The van der Waals surface area contributed by atoms with E-state index in [1.165, 1.54) is 0 Å². The van der Waals surface area contributed by atoms with Crippen LogP contribution in [0.25, 0.3) is 0 Å². The number of rotatable bonds is 5. The Hall–Kier alpha value is -1.18. The fourth-order valence-electron chi connectivity index (χ4n) is 10.2. The molecule has 1 amide bonds.